The number of rotatable bonds is 3. The fourth-order valence-corrected chi connectivity index (χ4v) is 3.11. The second-order valence-corrected chi connectivity index (χ2v) is 6.50. The molecule has 0 N–H and O–H groups in total. The fourth-order valence-electron chi connectivity index (χ4n) is 2.98. The van der Waals surface area contributed by atoms with Gasteiger partial charge >= 0.3 is 0 Å². The van der Waals surface area contributed by atoms with Gasteiger partial charge in [-0.05, 0) is 24.3 Å². The highest BCUT2D eigenvalue weighted by molar-refractivity contribution is 6.30. The molecule has 24 heavy (non-hydrogen) atoms. The van der Waals surface area contributed by atoms with E-state index in [1.54, 1.807) is 29.2 Å². The smallest absolute Gasteiger partial charge is 0.253 e. The molecular formula is C17H22ClN3O3. The number of hydrogen-bond donors (Lipinski definition) is 0. The number of benzene rings is 1. The van der Waals surface area contributed by atoms with Crippen LogP contribution in [0.4, 0.5) is 0 Å². The predicted octanol–water partition coefficient (Wildman–Crippen LogP) is 0.957. The molecule has 0 aromatic heterocycles. The monoisotopic (exact) mass is 351 g/mol. The quantitative estimate of drug-likeness (QED) is 0.814. The summed E-state index contributed by atoms with van der Waals surface area (Å²) in [5.41, 5.74) is 0.632. The first kappa shape index (κ1) is 17.2. The molecule has 0 unspecified atom stereocenters. The molecular weight excluding hydrogens is 330 g/mol. The molecule has 2 saturated heterocycles. The number of hydrogen-bond acceptors (Lipinski definition) is 4. The van der Waals surface area contributed by atoms with Crippen molar-refractivity contribution in [2.75, 3.05) is 59.0 Å². The first-order valence-electron chi connectivity index (χ1n) is 8.26. The van der Waals surface area contributed by atoms with Crippen LogP contribution in [-0.2, 0) is 9.53 Å². The first-order valence-corrected chi connectivity index (χ1v) is 8.64. The van der Waals surface area contributed by atoms with E-state index in [2.05, 4.69) is 4.90 Å². The van der Waals surface area contributed by atoms with Gasteiger partial charge in [0.05, 0.1) is 19.8 Å². The molecule has 7 heteroatoms. The number of morpholine rings is 1. The minimum atomic E-state index is -0.00746. The number of carbonyl (C=O) groups excluding carboxylic acids is 2. The maximum Gasteiger partial charge on any atom is 0.253 e. The second kappa shape index (κ2) is 7.96. The molecule has 3 rings (SSSR count). The van der Waals surface area contributed by atoms with Crippen molar-refractivity contribution in [3.8, 4) is 0 Å². The van der Waals surface area contributed by atoms with Gasteiger partial charge in [-0.15, -0.1) is 0 Å². The average molecular weight is 352 g/mol. The molecule has 0 atom stereocenters. The van der Waals surface area contributed by atoms with Gasteiger partial charge in [-0.1, -0.05) is 11.6 Å². The van der Waals surface area contributed by atoms with Gasteiger partial charge in [-0.2, -0.15) is 0 Å². The summed E-state index contributed by atoms with van der Waals surface area (Å²) in [5.74, 6) is 0.127. The van der Waals surface area contributed by atoms with E-state index in [-0.39, 0.29) is 11.8 Å². The van der Waals surface area contributed by atoms with Crippen molar-refractivity contribution in [2.45, 2.75) is 0 Å². The van der Waals surface area contributed by atoms with E-state index in [4.69, 9.17) is 16.3 Å². The Morgan fingerprint density at radius 3 is 2.12 bits per heavy atom. The maximum absolute atomic E-state index is 12.5. The lowest BCUT2D eigenvalue weighted by Crippen LogP contribution is -2.53. The summed E-state index contributed by atoms with van der Waals surface area (Å²) in [6.45, 7) is 5.74. The molecule has 0 saturated carbocycles. The zero-order valence-electron chi connectivity index (χ0n) is 13.6. The van der Waals surface area contributed by atoms with Crippen LogP contribution in [0.1, 0.15) is 10.4 Å². The lowest BCUT2D eigenvalue weighted by molar-refractivity contribution is -0.134. The van der Waals surface area contributed by atoms with Gasteiger partial charge in [0, 0.05) is 49.9 Å². The van der Waals surface area contributed by atoms with Crippen molar-refractivity contribution < 1.29 is 14.3 Å². The van der Waals surface area contributed by atoms with Gasteiger partial charge in [0.1, 0.15) is 0 Å². The Bertz CT molecular complexity index is 579. The zero-order chi connectivity index (χ0) is 16.9. The first-order chi connectivity index (χ1) is 11.6. The molecule has 0 spiro atoms. The van der Waals surface area contributed by atoms with Crippen LogP contribution in [0.3, 0.4) is 0 Å². The molecule has 1 aromatic carbocycles. The molecule has 2 aliphatic rings. The van der Waals surface area contributed by atoms with Crippen LogP contribution >= 0.6 is 11.6 Å². The van der Waals surface area contributed by atoms with Crippen molar-refractivity contribution in [1.29, 1.82) is 0 Å². The number of halogens is 1. The van der Waals surface area contributed by atoms with E-state index < -0.39 is 0 Å². The molecule has 0 aliphatic carbocycles. The summed E-state index contributed by atoms with van der Waals surface area (Å²) in [7, 11) is 0. The zero-order valence-corrected chi connectivity index (χ0v) is 14.4. The summed E-state index contributed by atoms with van der Waals surface area (Å²) in [6.07, 6.45) is 0. The highest BCUT2D eigenvalue weighted by atomic mass is 35.5. The van der Waals surface area contributed by atoms with E-state index in [0.29, 0.717) is 56.5 Å². The van der Waals surface area contributed by atoms with Gasteiger partial charge in [0.25, 0.3) is 5.91 Å². The summed E-state index contributed by atoms with van der Waals surface area (Å²) < 4.78 is 5.30. The maximum atomic E-state index is 12.5. The van der Waals surface area contributed by atoms with E-state index >= 15 is 0 Å². The molecule has 2 heterocycles. The van der Waals surface area contributed by atoms with Gasteiger partial charge in [-0.25, -0.2) is 0 Å². The van der Waals surface area contributed by atoms with E-state index in [0.717, 1.165) is 13.1 Å². The average Bonchev–Trinajstić information content (AvgIpc) is 2.63. The van der Waals surface area contributed by atoms with Crippen molar-refractivity contribution in [2.24, 2.45) is 0 Å². The van der Waals surface area contributed by atoms with Crippen molar-refractivity contribution in [1.82, 2.24) is 14.7 Å². The highest BCUT2D eigenvalue weighted by Gasteiger charge is 2.26. The largest absolute Gasteiger partial charge is 0.379 e. The molecule has 130 valence electrons. The highest BCUT2D eigenvalue weighted by Crippen LogP contribution is 2.13. The number of carbonyl (C=O) groups is 2. The normalized spacial score (nSPS) is 19.4. The Morgan fingerprint density at radius 2 is 1.50 bits per heavy atom. The number of nitrogens with zero attached hydrogens (tertiary/aromatic N) is 3. The minimum Gasteiger partial charge on any atom is -0.379 e. The van der Waals surface area contributed by atoms with Crippen LogP contribution in [-0.4, -0.2) is 85.5 Å². The van der Waals surface area contributed by atoms with Gasteiger partial charge < -0.3 is 14.5 Å². The Kier molecular flexibility index (Phi) is 5.71. The number of ether oxygens (including phenoxy) is 1. The summed E-state index contributed by atoms with van der Waals surface area (Å²) >= 11 is 5.86. The van der Waals surface area contributed by atoms with Crippen LogP contribution < -0.4 is 0 Å². The third kappa shape index (κ3) is 4.26. The van der Waals surface area contributed by atoms with Crippen molar-refractivity contribution in [3.63, 3.8) is 0 Å². The molecule has 0 radical (unpaired) electrons. The minimum absolute atomic E-state index is 0.00746. The molecule has 2 amide bonds. The predicted molar refractivity (Wildman–Crippen MR) is 91.2 cm³/mol. The lowest BCUT2D eigenvalue weighted by atomic mass is 10.2. The third-order valence-corrected chi connectivity index (χ3v) is 4.73. The van der Waals surface area contributed by atoms with Gasteiger partial charge in [-0.3, -0.25) is 14.5 Å². The van der Waals surface area contributed by atoms with Crippen LogP contribution in [0.2, 0.25) is 5.02 Å². The van der Waals surface area contributed by atoms with Crippen molar-refractivity contribution >= 4 is 23.4 Å². The topological polar surface area (TPSA) is 53.1 Å². The number of piperazine rings is 1. The van der Waals surface area contributed by atoms with Gasteiger partial charge in [0.2, 0.25) is 5.91 Å². The second-order valence-electron chi connectivity index (χ2n) is 6.07. The van der Waals surface area contributed by atoms with Crippen LogP contribution in [0.25, 0.3) is 0 Å². The Morgan fingerprint density at radius 1 is 0.917 bits per heavy atom. The molecule has 2 aliphatic heterocycles. The molecule has 0 bridgehead atoms. The Labute approximate surface area is 146 Å². The number of amides is 2. The summed E-state index contributed by atoms with van der Waals surface area (Å²) in [6, 6.07) is 6.91. The standard InChI is InChI=1S/C17H22ClN3O3/c18-15-3-1-14(2-4-15)17(23)21-7-5-20(6-8-21)16(22)13-19-9-11-24-12-10-19/h1-4H,5-13H2. The Hall–Kier alpha value is -1.63. The molecule has 2 fully saturated rings. The third-order valence-electron chi connectivity index (χ3n) is 4.47. The molecule has 1 aromatic rings. The van der Waals surface area contributed by atoms with Crippen LogP contribution in [0.5, 0.6) is 0 Å². The molecule has 6 nitrogen and oxygen atoms in total. The van der Waals surface area contributed by atoms with Gasteiger partial charge in [0.15, 0.2) is 0 Å². The van der Waals surface area contributed by atoms with E-state index in [1.807, 2.05) is 4.90 Å². The summed E-state index contributed by atoms with van der Waals surface area (Å²) in [5, 5.41) is 0.616. The lowest BCUT2D eigenvalue weighted by Gasteiger charge is -2.36. The van der Waals surface area contributed by atoms with Crippen LogP contribution in [0.15, 0.2) is 24.3 Å². The van der Waals surface area contributed by atoms with Crippen LogP contribution in [0, 0.1) is 0 Å². The van der Waals surface area contributed by atoms with Crippen molar-refractivity contribution in [3.05, 3.63) is 34.9 Å². The SMILES string of the molecule is O=C(CN1CCOCC1)N1CCN(C(=O)c2ccc(Cl)cc2)CC1. The summed E-state index contributed by atoms with van der Waals surface area (Å²) in [4.78, 5) is 30.6. The van der Waals surface area contributed by atoms with E-state index in [9.17, 15) is 9.59 Å². The van der Waals surface area contributed by atoms with E-state index in [1.165, 1.54) is 0 Å². The Balaban J connectivity index is 1.48. The fraction of sp³-hybridized carbons (Fsp3) is 0.529.